The van der Waals surface area contributed by atoms with Gasteiger partial charge in [-0.15, -0.1) is 11.3 Å². The van der Waals surface area contributed by atoms with Crippen molar-refractivity contribution in [2.75, 3.05) is 26.3 Å². The van der Waals surface area contributed by atoms with Crippen LogP contribution >= 0.6 is 34.5 Å². The maximum atomic E-state index is 12.6. The van der Waals surface area contributed by atoms with Crippen LogP contribution in [0.3, 0.4) is 0 Å². The number of morpholine rings is 1. The molecule has 3 heterocycles. The van der Waals surface area contributed by atoms with Crippen LogP contribution in [0.15, 0.2) is 30.5 Å². The van der Waals surface area contributed by atoms with Crippen molar-refractivity contribution in [1.29, 1.82) is 0 Å². The molecule has 1 amide bonds. The number of halogens is 2. The summed E-state index contributed by atoms with van der Waals surface area (Å²) in [5.41, 5.74) is 1.28. The maximum absolute atomic E-state index is 12.6. The van der Waals surface area contributed by atoms with Gasteiger partial charge in [0.15, 0.2) is 0 Å². The number of thiophene rings is 1. The Hall–Kier alpha value is -1.73. The van der Waals surface area contributed by atoms with E-state index in [0.717, 1.165) is 15.0 Å². The molecule has 0 bridgehead atoms. The topological polar surface area (TPSA) is 55.3 Å². The van der Waals surface area contributed by atoms with Crippen LogP contribution in [0.4, 0.5) is 0 Å². The molecule has 0 unspecified atom stereocenters. The lowest BCUT2D eigenvalue weighted by Gasteiger charge is -2.26. The number of benzene rings is 1. The van der Waals surface area contributed by atoms with E-state index >= 15 is 0 Å². The first kappa shape index (κ1) is 16.7. The van der Waals surface area contributed by atoms with E-state index in [1.54, 1.807) is 0 Å². The molecule has 25 heavy (non-hydrogen) atoms. The third kappa shape index (κ3) is 3.35. The molecule has 0 aliphatic carbocycles. The quantitative estimate of drug-likeness (QED) is 0.613. The second-order valence-electron chi connectivity index (χ2n) is 5.60. The summed E-state index contributed by atoms with van der Waals surface area (Å²) >= 11 is 13.6. The van der Waals surface area contributed by atoms with Crippen molar-refractivity contribution >= 4 is 50.5 Å². The summed E-state index contributed by atoms with van der Waals surface area (Å²) in [5.74, 6) is 0.0308. The summed E-state index contributed by atoms with van der Waals surface area (Å²) in [6.07, 6.45) is 1.49. The van der Waals surface area contributed by atoms with E-state index in [-0.39, 0.29) is 11.2 Å². The molecule has 0 N–H and O–H groups in total. The molecule has 0 atom stereocenters. The van der Waals surface area contributed by atoms with E-state index in [2.05, 4.69) is 9.97 Å². The van der Waals surface area contributed by atoms with Gasteiger partial charge in [-0.25, -0.2) is 9.97 Å². The second kappa shape index (κ2) is 6.88. The Morgan fingerprint density at radius 3 is 2.80 bits per heavy atom. The summed E-state index contributed by atoms with van der Waals surface area (Å²) in [7, 11) is 0. The number of amides is 1. The monoisotopic (exact) mass is 393 g/mol. The minimum absolute atomic E-state index is 0.0308. The lowest BCUT2D eigenvalue weighted by molar-refractivity contribution is 0.0303. The number of carbonyl (C=O) groups excluding carboxylic acids is 1. The minimum atomic E-state index is 0.0308. The van der Waals surface area contributed by atoms with Crippen molar-refractivity contribution in [3.8, 4) is 10.6 Å². The molecular weight excluding hydrogens is 381 g/mol. The van der Waals surface area contributed by atoms with E-state index in [1.807, 2.05) is 29.2 Å². The average Bonchev–Trinajstić information content (AvgIpc) is 3.06. The van der Waals surface area contributed by atoms with E-state index in [1.165, 1.54) is 17.5 Å². The van der Waals surface area contributed by atoms with Crippen molar-refractivity contribution in [3.05, 3.63) is 46.3 Å². The van der Waals surface area contributed by atoms with Gasteiger partial charge >= 0.3 is 0 Å². The van der Waals surface area contributed by atoms with E-state index in [9.17, 15) is 4.79 Å². The minimum Gasteiger partial charge on any atom is -0.378 e. The van der Waals surface area contributed by atoms with E-state index in [0.29, 0.717) is 42.6 Å². The van der Waals surface area contributed by atoms with E-state index < -0.39 is 0 Å². The van der Waals surface area contributed by atoms with Crippen LogP contribution < -0.4 is 0 Å². The summed E-state index contributed by atoms with van der Waals surface area (Å²) in [5, 5.41) is 1.63. The van der Waals surface area contributed by atoms with Gasteiger partial charge in [0.05, 0.1) is 29.3 Å². The molecule has 128 valence electrons. The zero-order valence-electron chi connectivity index (χ0n) is 13.0. The summed E-state index contributed by atoms with van der Waals surface area (Å²) in [6.45, 7) is 2.43. The van der Waals surface area contributed by atoms with Crippen LogP contribution in [0.5, 0.6) is 0 Å². The van der Waals surface area contributed by atoms with Gasteiger partial charge in [-0.2, -0.15) is 0 Å². The third-order valence-electron chi connectivity index (χ3n) is 4.01. The van der Waals surface area contributed by atoms with Crippen LogP contribution in [-0.4, -0.2) is 47.1 Å². The van der Waals surface area contributed by atoms with E-state index in [4.69, 9.17) is 27.9 Å². The van der Waals surface area contributed by atoms with Gasteiger partial charge in [0, 0.05) is 23.4 Å². The fourth-order valence-corrected chi connectivity index (χ4v) is 4.24. The molecule has 0 radical (unpaired) electrons. The number of rotatable bonds is 2. The number of nitrogens with zero attached hydrogens (tertiary/aromatic N) is 3. The normalized spacial score (nSPS) is 14.9. The van der Waals surface area contributed by atoms with Gasteiger partial charge in [0.2, 0.25) is 5.28 Å². The Kier molecular flexibility index (Phi) is 4.60. The number of ether oxygens (including phenoxy) is 1. The van der Waals surface area contributed by atoms with Gasteiger partial charge in [-0.3, -0.25) is 4.79 Å². The van der Waals surface area contributed by atoms with Gasteiger partial charge in [-0.1, -0.05) is 17.7 Å². The Bertz CT molecular complexity index is 954. The molecule has 1 aliphatic rings. The fraction of sp³-hybridized carbons (Fsp3) is 0.235. The van der Waals surface area contributed by atoms with Crippen LogP contribution in [0.1, 0.15) is 10.4 Å². The molecule has 4 rings (SSSR count). The third-order valence-corrected chi connectivity index (χ3v) is 5.58. The molecule has 8 heteroatoms. The van der Waals surface area contributed by atoms with Gasteiger partial charge in [0.1, 0.15) is 5.69 Å². The summed E-state index contributed by atoms with van der Waals surface area (Å²) < 4.78 is 6.30. The first-order valence-corrected chi connectivity index (χ1v) is 9.28. The summed E-state index contributed by atoms with van der Waals surface area (Å²) in [4.78, 5) is 23.4. The largest absolute Gasteiger partial charge is 0.378 e. The molecule has 2 aromatic heterocycles. The molecule has 0 saturated carbocycles. The van der Waals surface area contributed by atoms with Crippen molar-refractivity contribution in [2.45, 2.75) is 0 Å². The predicted octanol–water partition coefficient (Wildman–Crippen LogP) is 4.14. The first-order valence-electron chi connectivity index (χ1n) is 7.71. The highest BCUT2D eigenvalue weighted by Gasteiger charge is 2.19. The SMILES string of the molecule is O=C(c1ccc2cc(-c3nc(Cl)ncc3Cl)sc2c1)N1CCOCC1. The number of hydrogen-bond acceptors (Lipinski definition) is 5. The van der Waals surface area contributed by atoms with Crippen LogP contribution in [0, 0.1) is 0 Å². The Balaban J connectivity index is 1.69. The average molecular weight is 394 g/mol. The highest BCUT2D eigenvalue weighted by atomic mass is 35.5. The first-order chi connectivity index (χ1) is 12.1. The highest BCUT2D eigenvalue weighted by molar-refractivity contribution is 7.22. The number of fused-ring (bicyclic) bond motifs is 1. The van der Waals surface area contributed by atoms with Crippen LogP contribution in [0.2, 0.25) is 10.3 Å². The van der Waals surface area contributed by atoms with Gasteiger partial charge < -0.3 is 9.64 Å². The van der Waals surface area contributed by atoms with Gasteiger partial charge in [0.25, 0.3) is 5.91 Å². The molecule has 3 aromatic rings. The van der Waals surface area contributed by atoms with Crippen molar-refractivity contribution in [2.24, 2.45) is 0 Å². The molecule has 1 aromatic carbocycles. The second-order valence-corrected chi connectivity index (χ2v) is 7.43. The standard InChI is InChI=1S/C17H13Cl2N3O2S/c18-12-9-20-17(19)21-15(12)14-7-10-1-2-11(8-13(10)25-14)16(23)22-3-5-24-6-4-22/h1-2,7-9H,3-6H2. The zero-order valence-corrected chi connectivity index (χ0v) is 15.4. The van der Waals surface area contributed by atoms with Gasteiger partial charge in [-0.05, 0) is 35.2 Å². The molecule has 0 spiro atoms. The predicted molar refractivity (Wildman–Crippen MR) is 99.6 cm³/mol. The Morgan fingerprint density at radius 2 is 2.00 bits per heavy atom. The zero-order chi connectivity index (χ0) is 17.4. The molecule has 1 aliphatic heterocycles. The molecular formula is C17H13Cl2N3O2S. The van der Waals surface area contributed by atoms with Crippen molar-refractivity contribution < 1.29 is 9.53 Å². The summed E-state index contributed by atoms with van der Waals surface area (Å²) in [6, 6.07) is 7.70. The lowest BCUT2D eigenvalue weighted by atomic mass is 10.1. The van der Waals surface area contributed by atoms with Crippen molar-refractivity contribution in [3.63, 3.8) is 0 Å². The molecule has 1 saturated heterocycles. The van der Waals surface area contributed by atoms with Crippen molar-refractivity contribution in [1.82, 2.24) is 14.9 Å². The number of aromatic nitrogens is 2. The fourth-order valence-electron chi connectivity index (χ4n) is 2.75. The Labute approximate surface area is 158 Å². The van der Waals surface area contributed by atoms with Crippen LogP contribution in [-0.2, 0) is 4.74 Å². The van der Waals surface area contributed by atoms with Crippen LogP contribution in [0.25, 0.3) is 20.7 Å². The maximum Gasteiger partial charge on any atom is 0.254 e. The Morgan fingerprint density at radius 1 is 1.20 bits per heavy atom. The smallest absolute Gasteiger partial charge is 0.254 e. The molecule has 5 nitrogen and oxygen atoms in total. The highest BCUT2D eigenvalue weighted by Crippen LogP contribution is 2.36. The lowest BCUT2D eigenvalue weighted by Crippen LogP contribution is -2.40. The number of carbonyl (C=O) groups is 1. The molecule has 1 fully saturated rings. The number of hydrogen-bond donors (Lipinski definition) is 0.